The Labute approximate surface area is 144 Å². The molecule has 1 fully saturated rings. The maximum Gasteiger partial charge on any atom is 0.267 e. The number of pyridine rings is 1. The van der Waals surface area contributed by atoms with Gasteiger partial charge in [0.05, 0.1) is 19.3 Å². The Bertz CT molecular complexity index is 787. The molecule has 1 atom stereocenters. The molecule has 1 aromatic carbocycles. The molecule has 2 aromatic rings. The Morgan fingerprint density at radius 2 is 2.00 bits per heavy atom. The summed E-state index contributed by atoms with van der Waals surface area (Å²) in [6.07, 6.45) is 0. The van der Waals surface area contributed by atoms with Crippen molar-refractivity contribution in [3.05, 3.63) is 69.9 Å². The number of aromatic amines is 1. The molecule has 0 radical (unpaired) electrons. The van der Waals surface area contributed by atoms with Crippen molar-refractivity contribution in [3.63, 3.8) is 0 Å². The van der Waals surface area contributed by atoms with E-state index in [0.717, 1.165) is 5.56 Å². The van der Waals surface area contributed by atoms with Gasteiger partial charge in [0.15, 0.2) is 0 Å². The number of morpholine rings is 1. The molecule has 3 rings (SSSR count). The van der Waals surface area contributed by atoms with Gasteiger partial charge in [-0.1, -0.05) is 18.2 Å². The Kier molecular flexibility index (Phi) is 5.57. The van der Waals surface area contributed by atoms with Crippen molar-refractivity contribution in [2.45, 2.75) is 6.04 Å². The van der Waals surface area contributed by atoms with E-state index in [2.05, 4.69) is 15.2 Å². The number of benzene rings is 1. The standard InChI is InChI=1S/C18H20FN3O3/c19-14-4-1-3-13(11-14)16(22-7-9-25-10-8-22)12-20-18(24)15-5-2-6-17(23)21-15/h1-6,11,16H,7-10,12H2,(H,20,24)(H,21,23). The van der Waals surface area contributed by atoms with Crippen LogP contribution in [-0.2, 0) is 4.74 Å². The lowest BCUT2D eigenvalue weighted by atomic mass is 10.0. The van der Waals surface area contributed by atoms with Crippen LogP contribution in [0.2, 0.25) is 0 Å². The highest BCUT2D eigenvalue weighted by Gasteiger charge is 2.23. The minimum absolute atomic E-state index is 0.168. The van der Waals surface area contributed by atoms with Crippen LogP contribution in [0.15, 0.2) is 47.3 Å². The predicted octanol–water partition coefficient (Wildman–Crippen LogP) is 1.32. The second kappa shape index (κ2) is 8.04. The van der Waals surface area contributed by atoms with E-state index in [1.807, 2.05) is 6.07 Å². The Hall–Kier alpha value is -2.51. The molecule has 132 valence electrons. The van der Waals surface area contributed by atoms with Gasteiger partial charge < -0.3 is 15.0 Å². The number of ether oxygens (including phenoxy) is 1. The van der Waals surface area contributed by atoms with E-state index >= 15 is 0 Å². The quantitative estimate of drug-likeness (QED) is 0.857. The summed E-state index contributed by atoms with van der Waals surface area (Å²) < 4.78 is 19.0. The van der Waals surface area contributed by atoms with Gasteiger partial charge in [-0.25, -0.2) is 4.39 Å². The van der Waals surface area contributed by atoms with Crippen molar-refractivity contribution < 1.29 is 13.9 Å². The number of nitrogens with zero attached hydrogens (tertiary/aromatic N) is 1. The number of carbonyl (C=O) groups excluding carboxylic acids is 1. The third-order valence-corrected chi connectivity index (χ3v) is 4.19. The van der Waals surface area contributed by atoms with Gasteiger partial charge in [0.25, 0.3) is 5.91 Å². The van der Waals surface area contributed by atoms with Crippen LogP contribution in [-0.4, -0.2) is 48.6 Å². The van der Waals surface area contributed by atoms with E-state index in [4.69, 9.17) is 4.74 Å². The van der Waals surface area contributed by atoms with E-state index < -0.39 is 0 Å². The van der Waals surface area contributed by atoms with E-state index in [0.29, 0.717) is 32.8 Å². The van der Waals surface area contributed by atoms with Crippen LogP contribution in [0.5, 0.6) is 0 Å². The highest BCUT2D eigenvalue weighted by molar-refractivity contribution is 5.92. The topological polar surface area (TPSA) is 74.4 Å². The second-order valence-corrected chi connectivity index (χ2v) is 5.86. The fourth-order valence-electron chi connectivity index (χ4n) is 2.93. The van der Waals surface area contributed by atoms with Crippen molar-refractivity contribution in [2.75, 3.05) is 32.8 Å². The normalized spacial score (nSPS) is 16.4. The van der Waals surface area contributed by atoms with Gasteiger partial charge in [-0.15, -0.1) is 0 Å². The summed E-state index contributed by atoms with van der Waals surface area (Å²) in [6.45, 7) is 2.93. The van der Waals surface area contributed by atoms with Gasteiger partial charge in [-0.05, 0) is 23.8 Å². The molecule has 0 aliphatic carbocycles. The molecule has 1 unspecified atom stereocenters. The molecule has 0 saturated carbocycles. The summed E-state index contributed by atoms with van der Waals surface area (Å²) in [4.78, 5) is 28.3. The lowest BCUT2D eigenvalue weighted by Gasteiger charge is -2.35. The lowest BCUT2D eigenvalue weighted by Crippen LogP contribution is -2.44. The summed E-state index contributed by atoms with van der Waals surface area (Å²) in [5.41, 5.74) is 0.665. The van der Waals surface area contributed by atoms with Crippen LogP contribution in [0, 0.1) is 5.82 Å². The third-order valence-electron chi connectivity index (χ3n) is 4.19. The van der Waals surface area contributed by atoms with Crippen molar-refractivity contribution >= 4 is 5.91 Å². The van der Waals surface area contributed by atoms with Crippen LogP contribution >= 0.6 is 0 Å². The molecular weight excluding hydrogens is 325 g/mol. The molecule has 1 amide bonds. The molecule has 0 bridgehead atoms. The summed E-state index contributed by atoms with van der Waals surface area (Å²) >= 11 is 0. The molecule has 7 heteroatoms. The SMILES string of the molecule is O=C(NCC(c1cccc(F)c1)N1CCOCC1)c1cccc(=O)[nH]1. The summed E-state index contributed by atoms with van der Waals surface area (Å²) in [5.74, 6) is -0.679. The molecule has 2 heterocycles. The number of hydrogen-bond donors (Lipinski definition) is 2. The largest absolute Gasteiger partial charge is 0.379 e. The molecule has 6 nitrogen and oxygen atoms in total. The number of aromatic nitrogens is 1. The number of carbonyl (C=O) groups is 1. The highest BCUT2D eigenvalue weighted by atomic mass is 19.1. The minimum atomic E-state index is -0.368. The van der Waals surface area contributed by atoms with E-state index in [9.17, 15) is 14.0 Å². The molecule has 1 aromatic heterocycles. The molecule has 2 N–H and O–H groups in total. The average Bonchev–Trinajstić information content (AvgIpc) is 2.63. The summed E-state index contributed by atoms with van der Waals surface area (Å²) in [7, 11) is 0. The molecule has 1 aliphatic rings. The molecule has 0 spiro atoms. The van der Waals surface area contributed by atoms with Crippen LogP contribution in [0.4, 0.5) is 4.39 Å². The minimum Gasteiger partial charge on any atom is -0.379 e. The number of halogens is 1. The van der Waals surface area contributed by atoms with Crippen LogP contribution < -0.4 is 10.9 Å². The third kappa shape index (κ3) is 4.52. The Morgan fingerprint density at radius 3 is 2.72 bits per heavy atom. The van der Waals surface area contributed by atoms with Gasteiger partial charge in [0.1, 0.15) is 11.5 Å². The van der Waals surface area contributed by atoms with Crippen molar-refractivity contribution in [2.24, 2.45) is 0 Å². The number of hydrogen-bond acceptors (Lipinski definition) is 4. The number of nitrogens with one attached hydrogen (secondary N) is 2. The predicted molar refractivity (Wildman–Crippen MR) is 90.9 cm³/mol. The monoisotopic (exact) mass is 345 g/mol. The highest BCUT2D eigenvalue weighted by Crippen LogP contribution is 2.22. The first-order valence-electron chi connectivity index (χ1n) is 8.18. The van der Waals surface area contributed by atoms with Gasteiger partial charge in [-0.3, -0.25) is 14.5 Å². The van der Waals surface area contributed by atoms with Crippen LogP contribution in [0.1, 0.15) is 22.1 Å². The second-order valence-electron chi connectivity index (χ2n) is 5.86. The first-order valence-corrected chi connectivity index (χ1v) is 8.18. The molecule has 1 aliphatic heterocycles. The zero-order chi connectivity index (χ0) is 17.6. The van der Waals surface area contributed by atoms with Gasteiger partial charge in [0, 0.05) is 25.7 Å². The zero-order valence-electron chi connectivity index (χ0n) is 13.7. The zero-order valence-corrected chi connectivity index (χ0v) is 13.7. The molecule has 1 saturated heterocycles. The fourth-order valence-corrected chi connectivity index (χ4v) is 2.93. The van der Waals surface area contributed by atoms with Crippen LogP contribution in [0.3, 0.4) is 0 Å². The van der Waals surface area contributed by atoms with Gasteiger partial charge in [0.2, 0.25) is 5.56 Å². The Balaban J connectivity index is 1.75. The van der Waals surface area contributed by atoms with Crippen molar-refractivity contribution in [3.8, 4) is 0 Å². The average molecular weight is 345 g/mol. The molecule has 25 heavy (non-hydrogen) atoms. The number of rotatable bonds is 5. The molecular formula is C18H20FN3O3. The fraction of sp³-hybridized carbons (Fsp3) is 0.333. The first-order chi connectivity index (χ1) is 12.1. The number of H-pyrrole nitrogens is 1. The maximum atomic E-state index is 13.6. The number of amides is 1. The summed E-state index contributed by atoms with van der Waals surface area (Å²) in [6, 6.07) is 10.6. The van der Waals surface area contributed by atoms with Gasteiger partial charge >= 0.3 is 0 Å². The first kappa shape index (κ1) is 17.3. The van der Waals surface area contributed by atoms with Crippen LogP contribution in [0.25, 0.3) is 0 Å². The van der Waals surface area contributed by atoms with E-state index in [-0.39, 0.29) is 29.0 Å². The lowest BCUT2D eigenvalue weighted by molar-refractivity contribution is 0.0161. The Morgan fingerprint density at radius 1 is 1.24 bits per heavy atom. The maximum absolute atomic E-state index is 13.6. The van der Waals surface area contributed by atoms with Crippen molar-refractivity contribution in [1.82, 2.24) is 15.2 Å². The van der Waals surface area contributed by atoms with E-state index in [1.165, 1.54) is 24.3 Å². The summed E-state index contributed by atoms with van der Waals surface area (Å²) in [5, 5.41) is 2.83. The van der Waals surface area contributed by atoms with Crippen molar-refractivity contribution in [1.29, 1.82) is 0 Å². The van der Waals surface area contributed by atoms with E-state index in [1.54, 1.807) is 12.1 Å². The van der Waals surface area contributed by atoms with Gasteiger partial charge in [-0.2, -0.15) is 0 Å². The smallest absolute Gasteiger partial charge is 0.267 e.